The Kier molecular flexibility index (Phi) is 7.73. The minimum absolute atomic E-state index is 0.00143. The number of rotatable bonds is 9. The van der Waals surface area contributed by atoms with Gasteiger partial charge in [0, 0.05) is 24.7 Å². The molecular weight excluding hydrogens is 356 g/mol. The van der Waals surface area contributed by atoms with Gasteiger partial charge in [-0.3, -0.25) is 9.59 Å². The summed E-state index contributed by atoms with van der Waals surface area (Å²) in [6.45, 7) is 6.98. The van der Waals surface area contributed by atoms with E-state index in [1.54, 1.807) is 0 Å². The second-order valence-electron chi connectivity index (χ2n) is 6.34. The summed E-state index contributed by atoms with van der Waals surface area (Å²) < 4.78 is 27.1. The quantitative estimate of drug-likeness (QED) is 0.503. The van der Waals surface area contributed by atoms with Crippen molar-refractivity contribution in [2.45, 2.75) is 57.0 Å². The Balaban J connectivity index is 2.73. The third kappa shape index (κ3) is 6.40. The zero-order valence-electron chi connectivity index (χ0n) is 15.6. The molecule has 0 radical (unpaired) electrons. The van der Waals surface area contributed by atoms with Crippen LogP contribution in [0.15, 0.2) is 29.2 Å². The molecule has 0 aliphatic rings. The van der Waals surface area contributed by atoms with Crippen molar-refractivity contribution in [2.24, 2.45) is 5.73 Å². The number of sulfonamides is 1. The van der Waals surface area contributed by atoms with Crippen molar-refractivity contribution in [1.29, 1.82) is 0 Å². The van der Waals surface area contributed by atoms with Crippen molar-refractivity contribution in [1.82, 2.24) is 10.0 Å². The van der Waals surface area contributed by atoms with Crippen LogP contribution in [-0.2, 0) is 19.6 Å². The highest BCUT2D eigenvalue weighted by Crippen LogP contribution is 2.14. The minimum Gasteiger partial charge on any atom is -0.353 e. The van der Waals surface area contributed by atoms with Crippen LogP contribution < -0.4 is 21.1 Å². The van der Waals surface area contributed by atoms with Crippen molar-refractivity contribution in [3.8, 4) is 0 Å². The lowest BCUT2D eigenvalue weighted by atomic mass is 9.94. The standard InChI is InChI=1S/C17H28N4O4S/c1-5-17(18,6-2)11-19-16(23)12(3)21-26(24,25)15-9-7-14(8-10-15)20-13(4)22/h7-10,12,21H,5-6,11,18H2,1-4H3,(H,19,23)(H,20,22). The third-order valence-corrected chi connectivity index (χ3v) is 5.79. The molecule has 1 rings (SSSR count). The first kappa shape index (κ1) is 22.1. The number of hydrogen-bond acceptors (Lipinski definition) is 5. The highest BCUT2D eigenvalue weighted by molar-refractivity contribution is 7.89. The van der Waals surface area contributed by atoms with Crippen LogP contribution in [0, 0.1) is 0 Å². The van der Waals surface area contributed by atoms with E-state index in [4.69, 9.17) is 5.73 Å². The van der Waals surface area contributed by atoms with Gasteiger partial charge in [0.1, 0.15) is 0 Å². The number of benzene rings is 1. The van der Waals surface area contributed by atoms with E-state index >= 15 is 0 Å². The molecule has 0 saturated heterocycles. The fourth-order valence-electron chi connectivity index (χ4n) is 2.19. The predicted octanol–water partition coefficient (Wildman–Crippen LogP) is 0.946. The van der Waals surface area contributed by atoms with Crippen LogP contribution in [0.5, 0.6) is 0 Å². The fourth-order valence-corrected chi connectivity index (χ4v) is 3.39. The summed E-state index contributed by atoms with van der Waals surface area (Å²) in [7, 11) is -3.87. The average Bonchev–Trinajstić information content (AvgIpc) is 2.58. The number of nitrogens with two attached hydrogens (primary N) is 1. The van der Waals surface area contributed by atoms with Crippen LogP contribution >= 0.6 is 0 Å². The first-order valence-electron chi connectivity index (χ1n) is 8.49. The van der Waals surface area contributed by atoms with Crippen molar-refractivity contribution < 1.29 is 18.0 Å². The Labute approximate surface area is 155 Å². The molecule has 146 valence electrons. The molecule has 1 unspecified atom stereocenters. The van der Waals surface area contributed by atoms with Crippen LogP contribution in [0.4, 0.5) is 5.69 Å². The summed E-state index contributed by atoms with van der Waals surface area (Å²) in [5, 5.41) is 5.25. The second-order valence-corrected chi connectivity index (χ2v) is 8.05. The first-order valence-corrected chi connectivity index (χ1v) is 9.98. The Bertz CT molecular complexity index is 728. The van der Waals surface area contributed by atoms with Gasteiger partial charge in [0.25, 0.3) is 0 Å². The van der Waals surface area contributed by atoms with E-state index in [0.29, 0.717) is 18.5 Å². The summed E-state index contributed by atoms with van der Waals surface area (Å²) >= 11 is 0. The van der Waals surface area contributed by atoms with Gasteiger partial charge in [-0.15, -0.1) is 0 Å². The lowest BCUT2D eigenvalue weighted by Crippen LogP contribution is -2.53. The van der Waals surface area contributed by atoms with Gasteiger partial charge in [-0.05, 0) is 44.0 Å². The lowest BCUT2D eigenvalue weighted by Gasteiger charge is -2.27. The Morgan fingerprint density at radius 2 is 1.69 bits per heavy atom. The SMILES string of the molecule is CCC(N)(CC)CNC(=O)C(C)NS(=O)(=O)c1ccc(NC(C)=O)cc1. The Morgan fingerprint density at radius 1 is 1.15 bits per heavy atom. The smallest absolute Gasteiger partial charge is 0.241 e. The van der Waals surface area contributed by atoms with Gasteiger partial charge in [-0.2, -0.15) is 4.72 Å². The molecule has 1 aromatic rings. The zero-order valence-corrected chi connectivity index (χ0v) is 16.4. The maximum atomic E-state index is 12.4. The largest absolute Gasteiger partial charge is 0.353 e. The zero-order chi connectivity index (χ0) is 20.0. The number of amides is 2. The third-order valence-electron chi connectivity index (χ3n) is 4.23. The molecule has 1 aromatic carbocycles. The highest BCUT2D eigenvalue weighted by atomic mass is 32.2. The van der Waals surface area contributed by atoms with Gasteiger partial charge in [0.05, 0.1) is 10.9 Å². The Morgan fingerprint density at radius 3 is 2.15 bits per heavy atom. The number of hydrogen-bond donors (Lipinski definition) is 4. The molecule has 9 heteroatoms. The van der Waals surface area contributed by atoms with E-state index in [0.717, 1.165) is 0 Å². The van der Waals surface area contributed by atoms with Crippen LogP contribution in [0.3, 0.4) is 0 Å². The molecule has 0 saturated carbocycles. The summed E-state index contributed by atoms with van der Waals surface area (Å²) in [6, 6.07) is 4.72. The number of carbonyl (C=O) groups excluding carboxylic acids is 2. The van der Waals surface area contributed by atoms with Gasteiger partial charge in [-0.1, -0.05) is 13.8 Å². The monoisotopic (exact) mass is 384 g/mol. The van der Waals surface area contributed by atoms with Crippen molar-refractivity contribution in [3.05, 3.63) is 24.3 Å². The lowest BCUT2D eigenvalue weighted by molar-refractivity contribution is -0.122. The molecule has 5 N–H and O–H groups in total. The molecule has 0 spiro atoms. The normalized spacial score (nSPS) is 13.1. The van der Waals surface area contributed by atoms with Gasteiger partial charge >= 0.3 is 0 Å². The first-order chi connectivity index (χ1) is 12.0. The molecule has 0 aliphatic heterocycles. The molecule has 0 fully saturated rings. The molecule has 26 heavy (non-hydrogen) atoms. The molecule has 0 aromatic heterocycles. The van der Waals surface area contributed by atoms with Crippen LogP contribution in [0.1, 0.15) is 40.5 Å². The molecule has 0 heterocycles. The number of nitrogens with one attached hydrogen (secondary N) is 3. The molecule has 2 amide bonds. The summed E-state index contributed by atoms with van der Waals surface area (Å²) in [4.78, 5) is 23.2. The van der Waals surface area contributed by atoms with Crippen LogP contribution in [0.25, 0.3) is 0 Å². The number of anilines is 1. The molecule has 0 aliphatic carbocycles. The maximum absolute atomic E-state index is 12.4. The minimum atomic E-state index is -3.87. The van der Waals surface area contributed by atoms with Gasteiger partial charge < -0.3 is 16.4 Å². The van der Waals surface area contributed by atoms with Crippen molar-refractivity contribution in [3.63, 3.8) is 0 Å². The van der Waals surface area contributed by atoms with Gasteiger partial charge in [-0.25, -0.2) is 8.42 Å². The summed E-state index contributed by atoms with van der Waals surface area (Å²) in [6.07, 6.45) is 1.40. The van der Waals surface area contributed by atoms with Gasteiger partial charge in [0.15, 0.2) is 0 Å². The van der Waals surface area contributed by atoms with Crippen molar-refractivity contribution in [2.75, 3.05) is 11.9 Å². The number of carbonyl (C=O) groups is 2. The van der Waals surface area contributed by atoms with Crippen LogP contribution in [0.2, 0.25) is 0 Å². The summed E-state index contributed by atoms with van der Waals surface area (Å²) in [5.74, 6) is -0.695. The molecule has 1 atom stereocenters. The highest BCUT2D eigenvalue weighted by Gasteiger charge is 2.25. The van der Waals surface area contributed by atoms with E-state index in [1.807, 2.05) is 13.8 Å². The molecule has 8 nitrogen and oxygen atoms in total. The summed E-state index contributed by atoms with van der Waals surface area (Å²) in [5.41, 5.74) is 6.11. The van der Waals surface area contributed by atoms with E-state index < -0.39 is 27.5 Å². The average molecular weight is 385 g/mol. The van der Waals surface area contributed by atoms with Crippen molar-refractivity contribution >= 4 is 27.5 Å². The van der Waals surface area contributed by atoms with E-state index in [2.05, 4.69) is 15.4 Å². The van der Waals surface area contributed by atoms with E-state index in [9.17, 15) is 18.0 Å². The molecule has 0 bridgehead atoms. The maximum Gasteiger partial charge on any atom is 0.241 e. The van der Waals surface area contributed by atoms with Crippen LogP contribution in [-0.4, -0.2) is 38.4 Å². The van der Waals surface area contributed by atoms with Gasteiger partial charge in [0.2, 0.25) is 21.8 Å². The molecular formula is C17H28N4O4S. The second kappa shape index (κ2) is 9.11. The van der Waals surface area contributed by atoms with E-state index in [-0.39, 0.29) is 17.3 Å². The topological polar surface area (TPSA) is 130 Å². The predicted molar refractivity (Wildman–Crippen MR) is 101 cm³/mol. The van der Waals surface area contributed by atoms with E-state index in [1.165, 1.54) is 38.1 Å². The Hall–Kier alpha value is -1.97. The fraction of sp³-hybridized carbons (Fsp3) is 0.529.